The van der Waals surface area contributed by atoms with Crippen molar-refractivity contribution >= 4 is 44.9 Å². The molecular weight excluding hydrogens is 429 g/mol. The van der Waals surface area contributed by atoms with Gasteiger partial charge in [-0.3, -0.25) is 9.10 Å². The van der Waals surface area contributed by atoms with E-state index in [2.05, 4.69) is 0 Å². The molecule has 2 aromatic carbocycles. The maximum absolute atomic E-state index is 13.4. The van der Waals surface area contributed by atoms with E-state index >= 15 is 0 Å². The lowest BCUT2D eigenvalue weighted by atomic mass is 10.2. The van der Waals surface area contributed by atoms with Crippen LogP contribution in [0.2, 0.25) is 10.0 Å². The molecule has 2 aromatic rings. The van der Waals surface area contributed by atoms with E-state index in [0.717, 1.165) is 4.31 Å². The molecule has 0 fully saturated rings. The van der Waals surface area contributed by atoms with Gasteiger partial charge in [-0.05, 0) is 37.3 Å². The van der Waals surface area contributed by atoms with Gasteiger partial charge in [0.15, 0.2) is 0 Å². The fourth-order valence-corrected chi connectivity index (χ4v) is 4.57. The lowest BCUT2D eigenvalue weighted by Crippen LogP contribution is -2.37. The maximum Gasteiger partial charge on any atom is 0.326 e. The van der Waals surface area contributed by atoms with Crippen LogP contribution in [0.25, 0.3) is 0 Å². The Bertz CT molecular complexity index is 965. The summed E-state index contributed by atoms with van der Waals surface area (Å²) in [6, 6.07) is 8.56. The molecule has 152 valence electrons. The van der Waals surface area contributed by atoms with E-state index in [1.165, 1.54) is 44.6 Å². The van der Waals surface area contributed by atoms with Gasteiger partial charge in [-0.2, -0.15) is 0 Å². The van der Waals surface area contributed by atoms with Gasteiger partial charge >= 0.3 is 5.97 Å². The summed E-state index contributed by atoms with van der Waals surface area (Å²) in [7, 11) is -1.44. The molecule has 0 saturated heterocycles. The van der Waals surface area contributed by atoms with Gasteiger partial charge in [-0.15, -0.1) is 0 Å². The molecule has 10 heteroatoms. The van der Waals surface area contributed by atoms with E-state index in [1.807, 2.05) is 0 Å². The van der Waals surface area contributed by atoms with Gasteiger partial charge in [0.1, 0.15) is 22.9 Å². The minimum absolute atomic E-state index is 0.0364. The van der Waals surface area contributed by atoms with Gasteiger partial charge in [0, 0.05) is 11.1 Å². The quantitative estimate of drug-likeness (QED) is 0.572. The molecule has 7 nitrogen and oxygen atoms in total. The molecule has 0 aliphatic rings. The predicted octanol–water partition coefficient (Wildman–Crippen LogP) is 3.77. The number of carbonyl (C=O) groups is 1. The van der Waals surface area contributed by atoms with Crippen molar-refractivity contribution in [3.05, 3.63) is 46.4 Å². The number of benzene rings is 2. The number of carbonyl (C=O) groups excluding carboxylic acids is 1. The maximum atomic E-state index is 13.4. The first-order chi connectivity index (χ1) is 13.2. The molecule has 0 aromatic heterocycles. The number of rotatable bonds is 8. The third-order valence-corrected chi connectivity index (χ3v) is 6.17. The number of halogens is 2. The van der Waals surface area contributed by atoms with E-state index in [9.17, 15) is 13.2 Å². The summed E-state index contributed by atoms with van der Waals surface area (Å²) < 4.78 is 42.9. The SMILES string of the molecule is CCOC(=O)CN(c1ccc(OC)cc1OC)S(=O)(=O)c1cc(Cl)ccc1Cl. The fourth-order valence-electron chi connectivity index (χ4n) is 2.41. The Morgan fingerprint density at radius 3 is 2.39 bits per heavy atom. The van der Waals surface area contributed by atoms with E-state index in [1.54, 1.807) is 13.0 Å². The summed E-state index contributed by atoms with van der Waals surface area (Å²) in [5.74, 6) is -0.0951. The van der Waals surface area contributed by atoms with E-state index < -0.39 is 22.5 Å². The van der Waals surface area contributed by atoms with Gasteiger partial charge in [0.2, 0.25) is 0 Å². The van der Waals surface area contributed by atoms with Crippen LogP contribution < -0.4 is 13.8 Å². The molecule has 0 atom stereocenters. The topological polar surface area (TPSA) is 82.1 Å². The lowest BCUT2D eigenvalue weighted by Gasteiger charge is -2.26. The van der Waals surface area contributed by atoms with Crippen LogP contribution >= 0.6 is 23.2 Å². The molecule has 28 heavy (non-hydrogen) atoms. The molecule has 0 aliphatic carbocycles. The number of nitrogens with zero attached hydrogens (tertiary/aromatic N) is 1. The second kappa shape index (κ2) is 9.36. The lowest BCUT2D eigenvalue weighted by molar-refractivity contribution is -0.141. The Labute approximate surface area is 173 Å². The number of sulfonamides is 1. The summed E-state index contributed by atoms with van der Waals surface area (Å²) in [4.78, 5) is 11.9. The third-order valence-electron chi connectivity index (χ3n) is 3.69. The largest absolute Gasteiger partial charge is 0.497 e. The molecule has 0 N–H and O–H groups in total. The first kappa shape index (κ1) is 22.1. The highest BCUT2D eigenvalue weighted by Crippen LogP contribution is 2.37. The number of ether oxygens (including phenoxy) is 3. The molecule has 0 bridgehead atoms. The van der Waals surface area contributed by atoms with Crippen LogP contribution in [-0.2, 0) is 19.6 Å². The van der Waals surface area contributed by atoms with E-state index in [0.29, 0.717) is 5.75 Å². The van der Waals surface area contributed by atoms with Gasteiger partial charge in [0.05, 0.1) is 31.5 Å². The molecule has 0 radical (unpaired) electrons. The third kappa shape index (κ3) is 4.81. The number of hydrogen-bond donors (Lipinski definition) is 0. The Morgan fingerprint density at radius 2 is 1.79 bits per heavy atom. The van der Waals surface area contributed by atoms with Crippen LogP contribution in [0.1, 0.15) is 6.92 Å². The molecule has 0 unspecified atom stereocenters. The normalized spacial score (nSPS) is 11.0. The van der Waals surface area contributed by atoms with Gasteiger partial charge < -0.3 is 14.2 Å². The average molecular weight is 448 g/mol. The van der Waals surface area contributed by atoms with Crippen molar-refractivity contribution in [2.75, 3.05) is 31.7 Å². The highest BCUT2D eigenvalue weighted by Gasteiger charge is 2.32. The van der Waals surface area contributed by atoms with Crippen LogP contribution in [0, 0.1) is 0 Å². The summed E-state index contributed by atoms with van der Waals surface area (Å²) in [6.07, 6.45) is 0. The zero-order valence-corrected chi connectivity index (χ0v) is 17.8. The van der Waals surface area contributed by atoms with Crippen molar-refractivity contribution in [3.8, 4) is 11.5 Å². The zero-order valence-electron chi connectivity index (χ0n) is 15.4. The highest BCUT2D eigenvalue weighted by atomic mass is 35.5. The number of hydrogen-bond acceptors (Lipinski definition) is 6. The summed E-state index contributed by atoms with van der Waals surface area (Å²) in [6.45, 7) is 1.14. The predicted molar refractivity (Wildman–Crippen MR) is 107 cm³/mol. The Balaban J connectivity index is 2.66. The van der Waals surface area contributed by atoms with Crippen LogP contribution in [0.15, 0.2) is 41.3 Å². The van der Waals surface area contributed by atoms with Gasteiger partial charge in [0.25, 0.3) is 10.0 Å². The monoisotopic (exact) mass is 447 g/mol. The average Bonchev–Trinajstić information content (AvgIpc) is 2.67. The van der Waals surface area contributed by atoms with E-state index in [-0.39, 0.29) is 33.0 Å². The van der Waals surface area contributed by atoms with Gasteiger partial charge in [-0.1, -0.05) is 23.2 Å². The van der Waals surface area contributed by atoms with Crippen molar-refractivity contribution in [1.82, 2.24) is 0 Å². The number of methoxy groups -OCH3 is 2. The van der Waals surface area contributed by atoms with Crippen LogP contribution in [0.4, 0.5) is 5.69 Å². The first-order valence-electron chi connectivity index (χ1n) is 8.10. The molecule has 0 heterocycles. The Hall–Kier alpha value is -2.16. The van der Waals surface area contributed by atoms with Crippen LogP contribution in [0.5, 0.6) is 11.5 Å². The molecule has 0 spiro atoms. The molecule has 0 saturated carbocycles. The van der Waals surface area contributed by atoms with Crippen molar-refractivity contribution < 1.29 is 27.4 Å². The molecule has 0 aliphatic heterocycles. The smallest absolute Gasteiger partial charge is 0.326 e. The van der Waals surface area contributed by atoms with Crippen molar-refractivity contribution in [3.63, 3.8) is 0 Å². The van der Waals surface area contributed by atoms with Crippen LogP contribution in [-0.4, -0.2) is 41.8 Å². The minimum atomic E-state index is -4.28. The summed E-state index contributed by atoms with van der Waals surface area (Å²) >= 11 is 12.1. The standard InChI is InChI=1S/C18H19Cl2NO6S/c1-4-27-18(22)11-21(15-8-6-13(25-2)10-16(15)26-3)28(23,24)17-9-12(19)5-7-14(17)20/h5-10H,4,11H2,1-3H3. The Morgan fingerprint density at radius 1 is 1.07 bits per heavy atom. The fraction of sp³-hybridized carbons (Fsp3) is 0.278. The number of esters is 1. The highest BCUT2D eigenvalue weighted by molar-refractivity contribution is 7.93. The molecular formula is C18H19Cl2NO6S. The number of anilines is 1. The minimum Gasteiger partial charge on any atom is -0.497 e. The zero-order chi connectivity index (χ0) is 20.9. The molecule has 2 rings (SSSR count). The van der Waals surface area contributed by atoms with Crippen molar-refractivity contribution in [1.29, 1.82) is 0 Å². The summed E-state index contributed by atoms with van der Waals surface area (Å²) in [5.41, 5.74) is 0.118. The first-order valence-corrected chi connectivity index (χ1v) is 10.3. The second-order valence-electron chi connectivity index (χ2n) is 5.43. The molecule has 0 amide bonds. The van der Waals surface area contributed by atoms with Gasteiger partial charge in [-0.25, -0.2) is 8.42 Å². The van der Waals surface area contributed by atoms with Crippen molar-refractivity contribution in [2.45, 2.75) is 11.8 Å². The van der Waals surface area contributed by atoms with Crippen LogP contribution in [0.3, 0.4) is 0 Å². The second-order valence-corrected chi connectivity index (χ2v) is 8.10. The van der Waals surface area contributed by atoms with E-state index in [4.69, 9.17) is 37.4 Å². The Kier molecular flexibility index (Phi) is 7.40. The van der Waals surface area contributed by atoms with Crippen molar-refractivity contribution in [2.24, 2.45) is 0 Å². The summed E-state index contributed by atoms with van der Waals surface area (Å²) in [5, 5.41) is 0.145.